The molecule has 2 unspecified atom stereocenters. The van der Waals surface area contributed by atoms with Crippen LogP contribution >= 0.6 is 0 Å². The molecular weight excluding hydrogens is 357 g/mol. The van der Waals surface area contributed by atoms with E-state index in [0.29, 0.717) is 11.6 Å². The predicted molar refractivity (Wildman–Crippen MR) is 105 cm³/mol. The van der Waals surface area contributed by atoms with Crippen LogP contribution in [0.15, 0.2) is 61.1 Å². The van der Waals surface area contributed by atoms with Gasteiger partial charge < -0.3 is 10.6 Å². The summed E-state index contributed by atoms with van der Waals surface area (Å²) in [7, 11) is 0. The number of carbonyl (C=O) groups is 1. The minimum absolute atomic E-state index is 0.222. The Labute approximate surface area is 162 Å². The van der Waals surface area contributed by atoms with Crippen LogP contribution in [0.3, 0.4) is 0 Å². The van der Waals surface area contributed by atoms with Gasteiger partial charge in [0.05, 0.1) is 6.04 Å². The molecule has 1 aliphatic rings. The van der Waals surface area contributed by atoms with E-state index in [1.807, 2.05) is 32.0 Å². The maximum absolute atomic E-state index is 13.4. The van der Waals surface area contributed by atoms with Crippen molar-refractivity contribution < 1.29 is 9.18 Å². The van der Waals surface area contributed by atoms with Gasteiger partial charge in [-0.2, -0.15) is 10.1 Å². The lowest BCUT2D eigenvalue weighted by Crippen LogP contribution is -2.39. The van der Waals surface area contributed by atoms with Crippen molar-refractivity contribution in [2.45, 2.75) is 19.9 Å². The summed E-state index contributed by atoms with van der Waals surface area (Å²) in [5, 5.41) is 10.3. The fraction of sp³-hybridized carbons (Fsp3) is 0.190. The first-order valence-corrected chi connectivity index (χ1v) is 8.93. The zero-order valence-electron chi connectivity index (χ0n) is 15.6. The van der Waals surface area contributed by atoms with Gasteiger partial charge in [-0.15, -0.1) is 0 Å². The number of hydrogen-bond acceptors (Lipinski definition) is 4. The molecule has 0 bridgehead atoms. The molecule has 6 nitrogen and oxygen atoms in total. The lowest BCUT2D eigenvalue weighted by atomic mass is 9.88. The summed E-state index contributed by atoms with van der Waals surface area (Å²) in [6.07, 6.45) is 1.41. The predicted octanol–water partition coefficient (Wildman–Crippen LogP) is 3.82. The minimum atomic E-state index is -0.652. The number of amides is 1. The molecule has 0 spiro atoms. The molecular formula is C21H20FN5O. The summed E-state index contributed by atoms with van der Waals surface area (Å²) in [6, 6.07) is 11.4. The molecule has 0 aliphatic carbocycles. The van der Waals surface area contributed by atoms with Gasteiger partial charge in [0.2, 0.25) is 11.9 Å². The number of nitrogens with zero attached hydrogens (tertiary/aromatic N) is 3. The monoisotopic (exact) mass is 377 g/mol. The van der Waals surface area contributed by atoms with Crippen molar-refractivity contribution in [3.8, 4) is 0 Å². The van der Waals surface area contributed by atoms with Crippen LogP contribution in [-0.4, -0.2) is 20.7 Å². The van der Waals surface area contributed by atoms with E-state index in [1.54, 1.807) is 16.8 Å². The molecule has 2 aromatic carbocycles. The Kier molecular flexibility index (Phi) is 4.43. The Morgan fingerprint density at radius 3 is 2.68 bits per heavy atom. The van der Waals surface area contributed by atoms with E-state index >= 15 is 0 Å². The molecule has 0 fully saturated rings. The molecule has 2 atom stereocenters. The third-order valence-electron chi connectivity index (χ3n) is 4.93. The molecule has 2 N–H and O–H groups in total. The molecule has 1 aromatic heterocycles. The Morgan fingerprint density at radius 1 is 1.21 bits per heavy atom. The van der Waals surface area contributed by atoms with E-state index in [0.717, 1.165) is 22.4 Å². The van der Waals surface area contributed by atoms with Gasteiger partial charge in [0, 0.05) is 11.4 Å². The number of halogens is 1. The fourth-order valence-electron chi connectivity index (χ4n) is 3.56. The van der Waals surface area contributed by atoms with E-state index in [4.69, 9.17) is 0 Å². The van der Waals surface area contributed by atoms with E-state index in [-0.39, 0.29) is 11.7 Å². The zero-order valence-corrected chi connectivity index (χ0v) is 15.6. The highest BCUT2D eigenvalue weighted by atomic mass is 19.1. The fourth-order valence-corrected chi connectivity index (χ4v) is 3.56. The van der Waals surface area contributed by atoms with Crippen LogP contribution in [0.25, 0.3) is 0 Å². The normalized spacial score (nSPS) is 18.3. The molecule has 28 heavy (non-hydrogen) atoms. The average Bonchev–Trinajstić information content (AvgIpc) is 3.11. The largest absolute Gasteiger partial charge is 0.328 e. The Balaban J connectivity index is 1.73. The van der Waals surface area contributed by atoms with Gasteiger partial charge in [-0.1, -0.05) is 36.4 Å². The maximum Gasteiger partial charge on any atom is 0.235 e. The number of benzene rings is 2. The zero-order chi connectivity index (χ0) is 19.8. The highest BCUT2D eigenvalue weighted by Gasteiger charge is 2.39. The summed E-state index contributed by atoms with van der Waals surface area (Å²) in [5.41, 5.74) is 4.09. The number of fused-ring (bicyclic) bond motifs is 1. The number of rotatable bonds is 3. The van der Waals surface area contributed by atoms with Gasteiger partial charge >= 0.3 is 0 Å². The van der Waals surface area contributed by atoms with Crippen molar-refractivity contribution in [2.24, 2.45) is 5.92 Å². The first-order valence-electron chi connectivity index (χ1n) is 8.93. The molecule has 0 radical (unpaired) electrons. The number of hydrogen-bond donors (Lipinski definition) is 2. The first kappa shape index (κ1) is 17.9. The second kappa shape index (κ2) is 6.92. The van der Waals surface area contributed by atoms with Crippen LogP contribution in [0.4, 0.5) is 16.0 Å². The third-order valence-corrected chi connectivity index (χ3v) is 4.93. The van der Waals surface area contributed by atoms with Gasteiger partial charge in [0.1, 0.15) is 18.1 Å². The van der Waals surface area contributed by atoms with Crippen LogP contribution in [0.5, 0.6) is 0 Å². The highest BCUT2D eigenvalue weighted by Crippen LogP contribution is 2.37. The number of carbonyl (C=O) groups excluding carboxylic acids is 1. The lowest BCUT2D eigenvalue weighted by Gasteiger charge is -2.33. The smallest absolute Gasteiger partial charge is 0.235 e. The van der Waals surface area contributed by atoms with Gasteiger partial charge in [-0.25, -0.2) is 9.07 Å². The van der Waals surface area contributed by atoms with Crippen molar-refractivity contribution in [1.29, 1.82) is 0 Å². The van der Waals surface area contributed by atoms with Crippen molar-refractivity contribution >= 4 is 17.5 Å². The summed E-state index contributed by atoms with van der Waals surface area (Å²) in [4.78, 5) is 17.4. The number of anilines is 2. The molecule has 3 aromatic rings. The Hall–Kier alpha value is -3.48. The minimum Gasteiger partial charge on any atom is -0.328 e. The second-order valence-electron chi connectivity index (χ2n) is 6.96. The SMILES string of the molecule is C=C1Nc2ncnn2C(c2ccc(F)cc2)C1C(=O)Nc1ccc(C)cc1C. The number of nitrogens with one attached hydrogen (secondary N) is 2. The van der Waals surface area contributed by atoms with Crippen LogP contribution in [0.1, 0.15) is 22.7 Å². The van der Waals surface area contributed by atoms with Crippen LogP contribution in [0, 0.1) is 25.6 Å². The van der Waals surface area contributed by atoms with Crippen molar-refractivity contribution in [3.63, 3.8) is 0 Å². The van der Waals surface area contributed by atoms with E-state index < -0.39 is 12.0 Å². The van der Waals surface area contributed by atoms with E-state index in [2.05, 4.69) is 27.3 Å². The molecule has 2 heterocycles. The molecule has 1 amide bonds. The van der Waals surface area contributed by atoms with Crippen molar-refractivity contribution in [1.82, 2.24) is 14.8 Å². The highest BCUT2D eigenvalue weighted by molar-refractivity contribution is 5.96. The molecule has 0 saturated heterocycles. The van der Waals surface area contributed by atoms with Gasteiger partial charge in [0.15, 0.2) is 0 Å². The molecule has 0 saturated carbocycles. The Bertz CT molecular complexity index is 1060. The molecule has 1 aliphatic heterocycles. The van der Waals surface area contributed by atoms with Crippen LogP contribution < -0.4 is 10.6 Å². The average molecular weight is 377 g/mol. The standard InChI is InChI=1S/C21H20FN5O/c1-12-4-9-17(13(2)10-12)26-20(28)18-14(3)25-21-23-11-24-27(21)19(18)15-5-7-16(22)8-6-15/h4-11,18-19H,3H2,1-2H3,(H,26,28)(H,23,24,25). The third kappa shape index (κ3) is 3.15. The van der Waals surface area contributed by atoms with Crippen LogP contribution in [-0.2, 0) is 4.79 Å². The summed E-state index contributed by atoms with van der Waals surface area (Å²) >= 11 is 0. The van der Waals surface area contributed by atoms with Crippen LogP contribution in [0.2, 0.25) is 0 Å². The second-order valence-corrected chi connectivity index (χ2v) is 6.96. The van der Waals surface area contributed by atoms with Crippen molar-refractivity contribution in [2.75, 3.05) is 10.6 Å². The molecule has 142 valence electrons. The quantitative estimate of drug-likeness (QED) is 0.728. The van der Waals surface area contributed by atoms with Gasteiger partial charge in [0.25, 0.3) is 0 Å². The molecule has 7 heteroatoms. The summed E-state index contributed by atoms with van der Waals surface area (Å²) < 4.78 is 15.1. The van der Waals surface area contributed by atoms with E-state index in [1.165, 1.54) is 18.5 Å². The lowest BCUT2D eigenvalue weighted by molar-refractivity contribution is -0.119. The first-order chi connectivity index (χ1) is 13.4. The summed E-state index contributed by atoms with van der Waals surface area (Å²) in [5.74, 6) is -0.721. The van der Waals surface area contributed by atoms with Gasteiger partial charge in [-0.05, 0) is 43.2 Å². The van der Waals surface area contributed by atoms with Gasteiger partial charge in [-0.3, -0.25) is 4.79 Å². The topological polar surface area (TPSA) is 71.8 Å². The van der Waals surface area contributed by atoms with Crippen molar-refractivity contribution in [3.05, 3.63) is 83.6 Å². The number of aromatic nitrogens is 3. The maximum atomic E-state index is 13.4. The molecule has 4 rings (SSSR count). The van der Waals surface area contributed by atoms with E-state index in [9.17, 15) is 9.18 Å². The number of aryl methyl sites for hydroxylation is 2. The Morgan fingerprint density at radius 2 is 1.96 bits per heavy atom. The summed E-state index contributed by atoms with van der Waals surface area (Å²) in [6.45, 7) is 7.99.